The molecule has 0 radical (unpaired) electrons. The summed E-state index contributed by atoms with van der Waals surface area (Å²) in [5.41, 5.74) is -0.296. The number of carbonyl (C=O) groups excluding carboxylic acids is 3. The average molecular weight is 583 g/mol. The molecule has 0 aliphatic heterocycles. The molecule has 43 heavy (non-hydrogen) atoms. The summed E-state index contributed by atoms with van der Waals surface area (Å²) in [5, 5.41) is 13.4. The number of ketones is 2. The van der Waals surface area contributed by atoms with Gasteiger partial charge in [-0.1, -0.05) is 78.3 Å². The van der Waals surface area contributed by atoms with Crippen molar-refractivity contribution in [1.82, 2.24) is 5.32 Å². The molecular weight excluding hydrogens is 532 g/mol. The predicted octanol–water partition coefficient (Wildman–Crippen LogP) is 8.17. The van der Waals surface area contributed by atoms with Crippen LogP contribution in [-0.2, 0) is 9.59 Å². The van der Waals surface area contributed by atoms with Crippen LogP contribution in [0, 0.1) is 50.2 Å². The molecule has 4 aliphatic rings. The molecule has 5 heteroatoms. The molecule has 4 aliphatic carbocycles. The monoisotopic (exact) mass is 582 g/mol. The maximum absolute atomic E-state index is 14.3. The number of hydrogen-bond acceptors (Lipinski definition) is 4. The topological polar surface area (TPSA) is 87.0 Å². The number of amides is 1. The van der Waals surface area contributed by atoms with E-state index in [0.717, 1.165) is 56.9 Å². The second-order valence-electron chi connectivity index (χ2n) is 16.4. The summed E-state index contributed by atoms with van der Waals surface area (Å²) in [4.78, 5) is 41.1. The van der Waals surface area contributed by atoms with Crippen molar-refractivity contribution in [1.29, 1.82) is 5.26 Å². The van der Waals surface area contributed by atoms with Crippen LogP contribution in [0.25, 0.3) is 0 Å². The van der Waals surface area contributed by atoms with Crippen molar-refractivity contribution in [2.75, 3.05) is 0 Å². The van der Waals surface area contributed by atoms with Crippen molar-refractivity contribution < 1.29 is 14.4 Å². The van der Waals surface area contributed by atoms with Gasteiger partial charge in [-0.15, -0.1) is 0 Å². The normalized spacial score (nSPS) is 38.7. The number of nitrogens with zero attached hydrogens (tertiary/aromatic N) is 1. The van der Waals surface area contributed by atoms with Crippen molar-refractivity contribution in [3.8, 4) is 6.07 Å². The molecular formula is C38H50N2O3. The van der Waals surface area contributed by atoms with E-state index in [1.165, 1.54) is 0 Å². The van der Waals surface area contributed by atoms with Gasteiger partial charge in [-0.3, -0.25) is 14.4 Å². The summed E-state index contributed by atoms with van der Waals surface area (Å²) in [5.74, 6) is -0.0534. The first-order chi connectivity index (χ1) is 19.9. The minimum atomic E-state index is -0.682. The second-order valence-corrected chi connectivity index (χ2v) is 16.4. The Morgan fingerprint density at radius 1 is 0.860 bits per heavy atom. The number of fused-ring (bicyclic) bond motifs is 5. The van der Waals surface area contributed by atoms with E-state index >= 15 is 0 Å². The Morgan fingerprint density at radius 2 is 1.51 bits per heavy atom. The Labute approximate surface area is 258 Å². The third-order valence-corrected chi connectivity index (χ3v) is 12.9. The third-order valence-electron chi connectivity index (χ3n) is 12.9. The van der Waals surface area contributed by atoms with E-state index in [2.05, 4.69) is 52.9 Å². The zero-order valence-electron chi connectivity index (χ0n) is 27.5. The van der Waals surface area contributed by atoms with E-state index in [4.69, 9.17) is 0 Å². The van der Waals surface area contributed by atoms with Crippen LogP contribution in [0.3, 0.4) is 0 Å². The van der Waals surface area contributed by atoms with Gasteiger partial charge in [0.1, 0.15) is 6.07 Å². The Morgan fingerprint density at radius 3 is 2.16 bits per heavy atom. The van der Waals surface area contributed by atoms with Crippen LogP contribution in [0.5, 0.6) is 0 Å². The Kier molecular flexibility index (Phi) is 7.52. The largest absolute Gasteiger partial charge is 0.347 e. The standard InChI is InChI=1S/C38H50N2O3/c1-33(2)16-14-27-28(41)22-30-36(6)23-26(24-39)31(42)34(3,4)29(36)15-17-38(30,8)37(27,7)21-20-35(5,19-18-33)40-32(43)25-12-10-9-11-13-25/h9-13,22-23,27,29H,14-21H2,1-8H3,(H,40,43)/t27?,29-,35-,36-,37+,38+/m0/s1. The van der Waals surface area contributed by atoms with Crippen molar-refractivity contribution in [3.63, 3.8) is 0 Å². The van der Waals surface area contributed by atoms with E-state index in [0.29, 0.717) is 5.56 Å². The van der Waals surface area contributed by atoms with E-state index in [1.54, 1.807) is 0 Å². The van der Waals surface area contributed by atoms with Gasteiger partial charge in [0.25, 0.3) is 5.91 Å². The van der Waals surface area contributed by atoms with Gasteiger partial charge in [0.05, 0.1) is 5.57 Å². The smallest absolute Gasteiger partial charge is 0.251 e. The van der Waals surface area contributed by atoms with Gasteiger partial charge in [0.15, 0.2) is 11.6 Å². The fraction of sp³-hybridized carbons (Fsp3) is 0.632. The molecule has 5 nitrogen and oxygen atoms in total. The minimum Gasteiger partial charge on any atom is -0.347 e. The van der Waals surface area contributed by atoms with Crippen LogP contribution in [-0.4, -0.2) is 23.0 Å². The van der Waals surface area contributed by atoms with E-state index < -0.39 is 16.4 Å². The van der Waals surface area contributed by atoms with Crippen molar-refractivity contribution in [3.05, 3.63) is 59.2 Å². The SMILES string of the molecule is CC1(C)CCC2C(=O)C=C3[C@@]4(C)C=C(C#N)C(=O)C(C)(C)[C@@H]4CC[C@@]3(C)[C@]2(C)CC[C@@](C)(NC(=O)c2ccccc2)CC1. The van der Waals surface area contributed by atoms with Gasteiger partial charge in [-0.25, -0.2) is 0 Å². The summed E-state index contributed by atoms with van der Waals surface area (Å²) >= 11 is 0. The van der Waals surface area contributed by atoms with Crippen LogP contribution in [0.1, 0.15) is 117 Å². The predicted molar refractivity (Wildman–Crippen MR) is 170 cm³/mol. The van der Waals surface area contributed by atoms with Gasteiger partial charge < -0.3 is 5.32 Å². The van der Waals surface area contributed by atoms with Crippen LogP contribution < -0.4 is 5.32 Å². The summed E-state index contributed by atoms with van der Waals surface area (Å²) in [6.07, 6.45) is 10.8. The molecule has 230 valence electrons. The lowest BCUT2D eigenvalue weighted by Crippen LogP contribution is -2.60. The fourth-order valence-corrected chi connectivity index (χ4v) is 9.65. The molecule has 0 bridgehead atoms. The number of nitrogens with one attached hydrogen (secondary N) is 1. The van der Waals surface area contributed by atoms with Crippen LogP contribution in [0.4, 0.5) is 0 Å². The first kappa shape index (κ1) is 31.4. The minimum absolute atomic E-state index is 0.0192. The number of allylic oxidation sites excluding steroid dienone is 4. The zero-order valence-corrected chi connectivity index (χ0v) is 27.5. The number of carbonyl (C=O) groups is 3. The molecule has 2 fully saturated rings. The highest BCUT2D eigenvalue weighted by Gasteiger charge is 2.65. The molecule has 1 aromatic rings. The summed E-state index contributed by atoms with van der Waals surface area (Å²) in [6.45, 7) is 17.6. The molecule has 1 aromatic carbocycles. The van der Waals surface area contributed by atoms with Crippen LogP contribution in [0.15, 0.2) is 53.6 Å². The average Bonchev–Trinajstić information content (AvgIpc) is 2.94. The summed E-state index contributed by atoms with van der Waals surface area (Å²) < 4.78 is 0. The molecule has 6 atom stereocenters. The molecule has 0 spiro atoms. The number of Topliss-reactive ketones (excluding diaryl/α,β-unsaturated/α-hetero) is 1. The highest BCUT2D eigenvalue weighted by atomic mass is 16.2. The van der Waals surface area contributed by atoms with Gasteiger partial charge in [-0.05, 0) is 98.7 Å². The Bertz CT molecular complexity index is 1440. The maximum Gasteiger partial charge on any atom is 0.251 e. The molecule has 1 N–H and O–H groups in total. The third kappa shape index (κ3) is 4.94. The van der Waals surface area contributed by atoms with E-state index in [9.17, 15) is 19.6 Å². The molecule has 0 saturated heterocycles. The van der Waals surface area contributed by atoms with Crippen molar-refractivity contribution in [2.24, 2.45) is 38.9 Å². The Hall–Kier alpha value is -3.00. The van der Waals surface area contributed by atoms with E-state index in [1.807, 2.05) is 56.3 Å². The van der Waals surface area contributed by atoms with Crippen molar-refractivity contribution >= 4 is 17.5 Å². The molecule has 0 aromatic heterocycles. The summed E-state index contributed by atoms with van der Waals surface area (Å²) in [7, 11) is 0. The molecule has 1 unspecified atom stereocenters. The number of hydrogen-bond donors (Lipinski definition) is 1. The number of rotatable bonds is 2. The quantitative estimate of drug-likeness (QED) is 0.381. The lowest BCUT2D eigenvalue weighted by Gasteiger charge is -2.65. The molecule has 0 heterocycles. The van der Waals surface area contributed by atoms with Gasteiger partial charge in [0.2, 0.25) is 0 Å². The van der Waals surface area contributed by atoms with Gasteiger partial charge in [-0.2, -0.15) is 5.26 Å². The highest BCUT2D eigenvalue weighted by Crippen LogP contribution is 2.70. The lowest BCUT2D eigenvalue weighted by atomic mass is 9.38. The zero-order chi connectivity index (χ0) is 31.6. The molecule has 1 amide bonds. The maximum atomic E-state index is 14.3. The fourth-order valence-electron chi connectivity index (χ4n) is 9.65. The molecule has 5 rings (SSSR count). The van der Waals surface area contributed by atoms with Crippen LogP contribution in [0.2, 0.25) is 0 Å². The highest BCUT2D eigenvalue weighted by molar-refractivity contribution is 6.04. The van der Waals surface area contributed by atoms with Gasteiger partial charge in [0, 0.05) is 27.9 Å². The second kappa shape index (κ2) is 10.3. The van der Waals surface area contributed by atoms with Gasteiger partial charge >= 0.3 is 0 Å². The number of benzene rings is 1. The summed E-state index contributed by atoms with van der Waals surface area (Å²) in [6, 6.07) is 11.6. The van der Waals surface area contributed by atoms with Crippen LogP contribution >= 0.6 is 0 Å². The van der Waals surface area contributed by atoms with Crippen molar-refractivity contribution in [2.45, 2.75) is 112 Å². The first-order valence-corrected chi connectivity index (χ1v) is 16.2. The first-order valence-electron chi connectivity index (χ1n) is 16.2. The number of nitriles is 1. The lowest BCUT2D eigenvalue weighted by molar-refractivity contribution is -0.139. The molecule has 2 saturated carbocycles. The van der Waals surface area contributed by atoms with E-state index in [-0.39, 0.29) is 51.1 Å². The Balaban J connectivity index is 1.59.